The number of carbonyl (C=O) groups is 1. The Morgan fingerprint density at radius 2 is 2.00 bits per heavy atom. The maximum atomic E-state index is 10.8. The molecule has 0 aromatic heterocycles. The van der Waals surface area contributed by atoms with E-state index in [4.69, 9.17) is 4.74 Å². The molecule has 0 spiro atoms. The van der Waals surface area contributed by atoms with Crippen LogP contribution in [0.25, 0.3) is 6.08 Å². The third-order valence-corrected chi connectivity index (χ3v) is 3.36. The second-order valence-electron chi connectivity index (χ2n) is 4.33. The lowest BCUT2D eigenvalue weighted by molar-refractivity contribution is -0.109. The molecule has 0 fully saturated rings. The fraction of sp³-hybridized carbons (Fsp3) is 0.438. The Labute approximate surface area is 120 Å². The van der Waals surface area contributed by atoms with Crippen LogP contribution >= 0.6 is 11.8 Å². The molecule has 0 amide bonds. The van der Waals surface area contributed by atoms with Crippen LogP contribution in [-0.4, -0.2) is 17.5 Å². The summed E-state index contributed by atoms with van der Waals surface area (Å²) in [5.41, 5.74) is 1.13. The zero-order valence-electron chi connectivity index (χ0n) is 11.7. The number of unbranched alkanes of at least 4 members (excludes halogenated alkanes) is 2. The Kier molecular flexibility index (Phi) is 8.07. The lowest BCUT2D eigenvalue weighted by Crippen LogP contribution is -1.96. The standard InChI is InChI=1S/C16H22O2S/c1-3-4-5-12-18-16-10-8-15(9-11-16)7-6-13-19-14(2)17/h6-11H,3-5,12-13H2,1-2H3. The van der Waals surface area contributed by atoms with Crippen molar-refractivity contribution >= 4 is 23.0 Å². The molecular formula is C16H22O2S. The summed E-state index contributed by atoms with van der Waals surface area (Å²) in [5, 5.41) is 0.153. The Bertz CT molecular complexity index is 396. The number of rotatable bonds is 8. The third-order valence-electron chi connectivity index (χ3n) is 2.59. The van der Waals surface area contributed by atoms with Gasteiger partial charge in [0, 0.05) is 12.7 Å². The lowest BCUT2D eigenvalue weighted by atomic mass is 10.2. The maximum absolute atomic E-state index is 10.8. The average molecular weight is 278 g/mol. The van der Waals surface area contributed by atoms with Crippen molar-refractivity contribution in [2.45, 2.75) is 33.1 Å². The van der Waals surface area contributed by atoms with Gasteiger partial charge in [0.15, 0.2) is 5.12 Å². The summed E-state index contributed by atoms with van der Waals surface area (Å²) in [7, 11) is 0. The highest BCUT2D eigenvalue weighted by Crippen LogP contribution is 2.14. The molecule has 0 aliphatic heterocycles. The van der Waals surface area contributed by atoms with Gasteiger partial charge < -0.3 is 4.74 Å². The summed E-state index contributed by atoms with van der Waals surface area (Å²) >= 11 is 1.32. The number of hydrogen-bond acceptors (Lipinski definition) is 3. The van der Waals surface area contributed by atoms with Crippen LogP contribution in [0.1, 0.15) is 38.7 Å². The zero-order valence-corrected chi connectivity index (χ0v) is 12.5. The fourth-order valence-electron chi connectivity index (χ4n) is 1.57. The van der Waals surface area contributed by atoms with E-state index < -0.39 is 0 Å². The van der Waals surface area contributed by atoms with E-state index in [2.05, 4.69) is 6.92 Å². The molecule has 0 heterocycles. The molecule has 0 bridgehead atoms. The monoisotopic (exact) mass is 278 g/mol. The van der Waals surface area contributed by atoms with Gasteiger partial charge in [-0.3, -0.25) is 4.79 Å². The highest BCUT2D eigenvalue weighted by atomic mass is 32.2. The lowest BCUT2D eigenvalue weighted by Gasteiger charge is -2.05. The van der Waals surface area contributed by atoms with E-state index in [-0.39, 0.29) is 5.12 Å². The van der Waals surface area contributed by atoms with E-state index in [0.717, 1.165) is 30.1 Å². The number of carbonyl (C=O) groups excluding carboxylic acids is 1. The summed E-state index contributed by atoms with van der Waals surface area (Å²) in [4.78, 5) is 10.8. The van der Waals surface area contributed by atoms with Gasteiger partial charge in [-0.05, 0) is 24.1 Å². The quantitative estimate of drug-likeness (QED) is 0.653. The largest absolute Gasteiger partial charge is 0.494 e. The second-order valence-corrected chi connectivity index (χ2v) is 5.53. The van der Waals surface area contributed by atoms with Crippen LogP contribution in [0.2, 0.25) is 0 Å². The first kappa shape index (κ1) is 15.8. The first-order chi connectivity index (χ1) is 9.22. The van der Waals surface area contributed by atoms with E-state index in [1.165, 1.54) is 24.6 Å². The van der Waals surface area contributed by atoms with Gasteiger partial charge >= 0.3 is 0 Å². The summed E-state index contributed by atoms with van der Waals surface area (Å²) in [6.07, 6.45) is 7.57. The van der Waals surface area contributed by atoms with Crippen LogP contribution in [0.4, 0.5) is 0 Å². The highest BCUT2D eigenvalue weighted by molar-refractivity contribution is 8.13. The average Bonchev–Trinajstić information content (AvgIpc) is 2.41. The van der Waals surface area contributed by atoms with Crippen molar-refractivity contribution < 1.29 is 9.53 Å². The Morgan fingerprint density at radius 3 is 2.63 bits per heavy atom. The number of hydrogen-bond donors (Lipinski definition) is 0. The van der Waals surface area contributed by atoms with Crippen molar-refractivity contribution in [2.75, 3.05) is 12.4 Å². The minimum Gasteiger partial charge on any atom is -0.494 e. The predicted octanol–water partition coefficient (Wildman–Crippen LogP) is 4.55. The Hall–Kier alpha value is -1.22. The number of benzene rings is 1. The fourth-order valence-corrected chi connectivity index (χ4v) is 1.99. The second kappa shape index (κ2) is 9.68. The first-order valence-corrected chi connectivity index (χ1v) is 7.73. The van der Waals surface area contributed by atoms with Crippen LogP contribution in [0.5, 0.6) is 5.75 Å². The molecule has 3 heteroatoms. The molecule has 2 nitrogen and oxygen atoms in total. The van der Waals surface area contributed by atoms with E-state index in [0.29, 0.717) is 0 Å². The number of thioether (sulfide) groups is 1. The van der Waals surface area contributed by atoms with Crippen molar-refractivity contribution in [3.05, 3.63) is 35.9 Å². The molecule has 1 aromatic carbocycles. The molecule has 0 atom stereocenters. The smallest absolute Gasteiger partial charge is 0.186 e. The van der Waals surface area contributed by atoms with Crippen molar-refractivity contribution in [1.82, 2.24) is 0 Å². The summed E-state index contributed by atoms with van der Waals surface area (Å²) in [5.74, 6) is 1.65. The summed E-state index contributed by atoms with van der Waals surface area (Å²) < 4.78 is 5.65. The molecule has 0 N–H and O–H groups in total. The Morgan fingerprint density at radius 1 is 1.26 bits per heavy atom. The normalized spacial score (nSPS) is 10.8. The van der Waals surface area contributed by atoms with Crippen LogP contribution in [-0.2, 0) is 4.79 Å². The van der Waals surface area contributed by atoms with Crippen molar-refractivity contribution in [2.24, 2.45) is 0 Å². The first-order valence-electron chi connectivity index (χ1n) is 6.75. The van der Waals surface area contributed by atoms with E-state index >= 15 is 0 Å². The van der Waals surface area contributed by atoms with Crippen LogP contribution in [0, 0.1) is 0 Å². The molecule has 1 aromatic rings. The molecule has 19 heavy (non-hydrogen) atoms. The third kappa shape index (κ3) is 7.73. The highest BCUT2D eigenvalue weighted by Gasteiger charge is 1.94. The van der Waals surface area contributed by atoms with Crippen LogP contribution in [0.3, 0.4) is 0 Å². The van der Waals surface area contributed by atoms with Crippen LogP contribution < -0.4 is 4.74 Å². The molecule has 0 radical (unpaired) electrons. The SMILES string of the molecule is CCCCCOc1ccc(C=CCSC(C)=O)cc1. The van der Waals surface area contributed by atoms with Crippen LogP contribution in [0.15, 0.2) is 30.3 Å². The van der Waals surface area contributed by atoms with Gasteiger partial charge in [0.05, 0.1) is 6.61 Å². The molecule has 104 valence electrons. The maximum Gasteiger partial charge on any atom is 0.186 e. The van der Waals surface area contributed by atoms with Crippen molar-refractivity contribution in [3.63, 3.8) is 0 Å². The van der Waals surface area contributed by atoms with Gasteiger partial charge in [-0.1, -0.05) is 55.8 Å². The number of ether oxygens (including phenoxy) is 1. The molecule has 0 aliphatic rings. The van der Waals surface area contributed by atoms with Gasteiger partial charge in [-0.15, -0.1) is 0 Å². The Balaban J connectivity index is 2.32. The molecule has 0 saturated heterocycles. The topological polar surface area (TPSA) is 26.3 Å². The van der Waals surface area contributed by atoms with Gasteiger partial charge in [0.1, 0.15) is 5.75 Å². The zero-order chi connectivity index (χ0) is 13.9. The van der Waals surface area contributed by atoms with Gasteiger partial charge in [0.2, 0.25) is 0 Å². The molecule has 0 unspecified atom stereocenters. The van der Waals surface area contributed by atoms with Gasteiger partial charge in [-0.25, -0.2) is 0 Å². The minimum absolute atomic E-state index is 0.153. The molecule has 1 rings (SSSR count). The summed E-state index contributed by atoms with van der Waals surface area (Å²) in [6.45, 7) is 4.56. The predicted molar refractivity (Wildman–Crippen MR) is 83.6 cm³/mol. The van der Waals surface area contributed by atoms with E-state index in [1.54, 1.807) is 6.92 Å². The van der Waals surface area contributed by atoms with Crippen molar-refractivity contribution in [1.29, 1.82) is 0 Å². The molecule has 0 aliphatic carbocycles. The van der Waals surface area contributed by atoms with E-state index in [9.17, 15) is 4.79 Å². The van der Waals surface area contributed by atoms with Crippen molar-refractivity contribution in [3.8, 4) is 5.75 Å². The van der Waals surface area contributed by atoms with Gasteiger partial charge in [0.25, 0.3) is 0 Å². The van der Waals surface area contributed by atoms with E-state index in [1.807, 2.05) is 36.4 Å². The summed E-state index contributed by atoms with van der Waals surface area (Å²) in [6, 6.07) is 8.04. The molecular weight excluding hydrogens is 256 g/mol. The van der Waals surface area contributed by atoms with Gasteiger partial charge in [-0.2, -0.15) is 0 Å². The minimum atomic E-state index is 0.153. The molecule has 0 saturated carbocycles.